The molecule has 1 rings (SSSR count). The quantitative estimate of drug-likeness (QED) is 0.708. The van der Waals surface area contributed by atoms with Crippen molar-refractivity contribution in [3.8, 4) is 0 Å². The average Bonchev–Trinajstić information content (AvgIpc) is 2.79. The van der Waals surface area contributed by atoms with E-state index in [2.05, 4.69) is 10.3 Å². The van der Waals surface area contributed by atoms with E-state index in [4.69, 9.17) is 4.74 Å². The second-order valence-corrected chi connectivity index (χ2v) is 5.24. The van der Waals surface area contributed by atoms with Gasteiger partial charge in [0.1, 0.15) is 6.54 Å². The van der Waals surface area contributed by atoms with Gasteiger partial charge in [-0.1, -0.05) is 19.1 Å². The first-order valence-electron chi connectivity index (χ1n) is 7.25. The van der Waals surface area contributed by atoms with Gasteiger partial charge in [-0.05, 0) is 26.7 Å². The van der Waals surface area contributed by atoms with Gasteiger partial charge in [0.05, 0.1) is 12.3 Å². The molecular formula is C14H24N4O3. The lowest BCUT2D eigenvalue weighted by Crippen LogP contribution is -2.34. The lowest BCUT2D eigenvalue weighted by molar-refractivity contribution is -0.131. The Balaban J connectivity index is 2.75. The summed E-state index contributed by atoms with van der Waals surface area (Å²) in [6.45, 7) is 11.2. The van der Waals surface area contributed by atoms with Crippen LogP contribution < -0.4 is 0 Å². The maximum absolute atomic E-state index is 12.0. The Morgan fingerprint density at radius 1 is 1.29 bits per heavy atom. The SMILES string of the molecule is CCN(CC)C(=O)Cn1nnc(C(=O)OCC(C)C)c1C. The molecule has 1 aromatic rings. The molecule has 7 nitrogen and oxygen atoms in total. The van der Waals surface area contributed by atoms with Crippen LogP contribution in [0.3, 0.4) is 0 Å². The molecule has 118 valence electrons. The summed E-state index contributed by atoms with van der Waals surface area (Å²) in [4.78, 5) is 25.6. The van der Waals surface area contributed by atoms with Gasteiger partial charge in [-0.25, -0.2) is 9.48 Å². The fraction of sp³-hybridized carbons (Fsp3) is 0.714. The topological polar surface area (TPSA) is 77.3 Å². The molecule has 1 heterocycles. The highest BCUT2D eigenvalue weighted by Gasteiger charge is 2.20. The second-order valence-electron chi connectivity index (χ2n) is 5.24. The van der Waals surface area contributed by atoms with E-state index in [-0.39, 0.29) is 24.1 Å². The van der Waals surface area contributed by atoms with Gasteiger partial charge in [0.25, 0.3) is 0 Å². The van der Waals surface area contributed by atoms with E-state index in [0.717, 1.165) is 0 Å². The molecule has 0 saturated heterocycles. The predicted octanol–water partition coefficient (Wildman–Crippen LogP) is 1.27. The molecule has 0 aliphatic rings. The first kappa shape index (κ1) is 17.1. The highest BCUT2D eigenvalue weighted by Crippen LogP contribution is 2.07. The third-order valence-electron chi connectivity index (χ3n) is 3.12. The number of carbonyl (C=O) groups excluding carboxylic acids is 2. The number of hydrogen-bond donors (Lipinski definition) is 0. The summed E-state index contributed by atoms with van der Waals surface area (Å²) in [6.07, 6.45) is 0. The highest BCUT2D eigenvalue weighted by molar-refractivity contribution is 5.88. The standard InChI is InChI=1S/C14H24N4O3/c1-6-17(7-2)12(19)8-18-11(5)13(15-16-18)14(20)21-9-10(3)4/h10H,6-9H2,1-5H3. The van der Waals surface area contributed by atoms with Crippen LogP contribution >= 0.6 is 0 Å². The van der Waals surface area contributed by atoms with E-state index in [9.17, 15) is 9.59 Å². The Labute approximate surface area is 125 Å². The van der Waals surface area contributed by atoms with Crippen molar-refractivity contribution in [2.75, 3.05) is 19.7 Å². The van der Waals surface area contributed by atoms with E-state index < -0.39 is 5.97 Å². The molecule has 21 heavy (non-hydrogen) atoms. The zero-order valence-corrected chi connectivity index (χ0v) is 13.4. The average molecular weight is 296 g/mol. The van der Waals surface area contributed by atoms with Gasteiger partial charge < -0.3 is 9.64 Å². The van der Waals surface area contributed by atoms with Gasteiger partial charge in [-0.15, -0.1) is 5.10 Å². The molecule has 1 amide bonds. The summed E-state index contributed by atoms with van der Waals surface area (Å²) in [5.74, 6) is -0.286. The third kappa shape index (κ3) is 4.54. The Hall–Kier alpha value is -1.92. The number of nitrogens with zero attached hydrogens (tertiary/aromatic N) is 4. The number of likely N-dealkylation sites (N-methyl/N-ethyl adjacent to an activating group) is 1. The first-order valence-corrected chi connectivity index (χ1v) is 7.25. The number of aromatic nitrogens is 3. The van der Waals surface area contributed by atoms with Crippen LogP contribution in [0.4, 0.5) is 0 Å². The van der Waals surface area contributed by atoms with Crippen molar-refractivity contribution >= 4 is 11.9 Å². The number of amides is 1. The van der Waals surface area contributed by atoms with Crippen molar-refractivity contribution in [2.24, 2.45) is 5.92 Å². The Morgan fingerprint density at radius 2 is 1.90 bits per heavy atom. The first-order chi connectivity index (χ1) is 9.90. The minimum absolute atomic E-state index is 0.0462. The number of carbonyl (C=O) groups is 2. The fourth-order valence-electron chi connectivity index (χ4n) is 1.81. The summed E-state index contributed by atoms with van der Waals surface area (Å²) in [6, 6.07) is 0. The third-order valence-corrected chi connectivity index (χ3v) is 3.12. The van der Waals surface area contributed by atoms with E-state index in [1.54, 1.807) is 11.8 Å². The summed E-state index contributed by atoms with van der Waals surface area (Å²) in [5.41, 5.74) is 0.715. The Bertz CT molecular complexity index is 492. The number of ether oxygens (including phenoxy) is 1. The molecular weight excluding hydrogens is 272 g/mol. The van der Waals surface area contributed by atoms with E-state index in [1.165, 1.54) is 4.68 Å². The van der Waals surface area contributed by atoms with Crippen molar-refractivity contribution in [1.82, 2.24) is 19.9 Å². The molecule has 0 spiro atoms. The summed E-state index contributed by atoms with van der Waals surface area (Å²) in [7, 11) is 0. The van der Waals surface area contributed by atoms with Crippen molar-refractivity contribution in [3.63, 3.8) is 0 Å². The van der Waals surface area contributed by atoms with Crippen LogP contribution in [0.25, 0.3) is 0 Å². The minimum Gasteiger partial charge on any atom is -0.461 e. The number of rotatable bonds is 7. The normalized spacial score (nSPS) is 10.8. The molecule has 0 aliphatic heterocycles. The number of hydrogen-bond acceptors (Lipinski definition) is 5. The Morgan fingerprint density at radius 3 is 2.43 bits per heavy atom. The zero-order valence-electron chi connectivity index (χ0n) is 13.4. The van der Waals surface area contributed by atoms with Crippen molar-refractivity contribution in [1.29, 1.82) is 0 Å². The van der Waals surface area contributed by atoms with Gasteiger partial charge in [0, 0.05) is 13.1 Å². The van der Waals surface area contributed by atoms with Crippen molar-refractivity contribution in [3.05, 3.63) is 11.4 Å². The Kier molecular flexibility index (Phi) is 6.33. The van der Waals surface area contributed by atoms with Crippen molar-refractivity contribution in [2.45, 2.75) is 41.2 Å². The van der Waals surface area contributed by atoms with Crippen LogP contribution in [-0.4, -0.2) is 51.5 Å². The van der Waals surface area contributed by atoms with Crippen molar-refractivity contribution < 1.29 is 14.3 Å². The zero-order chi connectivity index (χ0) is 16.0. The smallest absolute Gasteiger partial charge is 0.360 e. The van der Waals surface area contributed by atoms with E-state index >= 15 is 0 Å². The van der Waals surface area contributed by atoms with Crippen LogP contribution in [0.5, 0.6) is 0 Å². The highest BCUT2D eigenvalue weighted by atomic mass is 16.5. The minimum atomic E-state index is -0.497. The maximum Gasteiger partial charge on any atom is 0.360 e. The van der Waals surface area contributed by atoms with Gasteiger partial charge in [-0.3, -0.25) is 4.79 Å². The molecule has 0 aliphatic carbocycles. The van der Waals surface area contributed by atoms with Crippen LogP contribution in [0, 0.1) is 12.8 Å². The van der Waals surface area contributed by atoms with Crippen LogP contribution in [-0.2, 0) is 16.1 Å². The van der Waals surface area contributed by atoms with Gasteiger partial charge in [-0.2, -0.15) is 0 Å². The summed E-state index contributed by atoms with van der Waals surface area (Å²) >= 11 is 0. The lowest BCUT2D eigenvalue weighted by atomic mass is 10.2. The van der Waals surface area contributed by atoms with Crippen LogP contribution in [0.1, 0.15) is 43.9 Å². The van der Waals surface area contributed by atoms with Gasteiger partial charge in [0.2, 0.25) is 5.91 Å². The molecule has 0 radical (unpaired) electrons. The monoisotopic (exact) mass is 296 g/mol. The molecule has 0 atom stereocenters. The molecule has 0 bridgehead atoms. The molecule has 0 fully saturated rings. The summed E-state index contributed by atoms with van der Waals surface area (Å²) in [5, 5.41) is 7.70. The van der Waals surface area contributed by atoms with Gasteiger partial charge >= 0.3 is 5.97 Å². The molecule has 0 unspecified atom stereocenters. The molecule has 7 heteroatoms. The maximum atomic E-state index is 12.0. The molecule has 0 aromatic carbocycles. The van der Waals surface area contributed by atoms with Crippen LogP contribution in [0.2, 0.25) is 0 Å². The lowest BCUT2D eigenvalue weighted by Gasteiger charge is -2.18. The predicted molar refractivity (Wildman–Crippen MR) is 77.8 cm³/mol. The number of esters is 1. The van der Waals surface area contributed by atoms with Crippen LogP contribution in [0.15, 0.2) is 0 Å². The fourth-order valence-corrected chi connectivity index (χ4v) is 1.81. The molecule has 1 aromatic heterocycles. The molecule has 0 saturated carbocycles. The largest absolute Gasteiger partial charge is 0.461 e. The van der Waals surface area contributed by atoms with E-state index in [1.807, 2.05) is 27.7 Å². The van der Waals surface area contributed by atoms with Gasteiger partial charge in [0.15, 0.2) is 5.69 Å². The molecule has 0 N–H and O–H groups in total. The summed E-state index contributed by atoms with van der Waals surface area (Å²) < 4.78 is 6.57. The van der Waals surface area contributed by atoms with E-state index in [0.29, 0.717) is 25.4 Å². The second kappa shape index (κ2) is 7.75.